The van der Waals surface area contributed by atoms with Gasteiger partial charge in [0, 0.05) is 26.2 Å². The molecule has 6 nitrogen and oxygen atoms in total. The number of carboxylic acid groups (broad SMARTS) is 1. The van der Waals surface area contributed by atoms with Crippen molar-refractivity contribution in [3.63, 3.8) is 0 Å². The van der Waals surface area contributed by atoms with Crippen molar-refractivity contribution < 1.29 is 19.5 Å². The number of fused-ring (bicyclic) bond motifs is 5. The zero-order valence-corrected chi connectivity index (χ0v) is 14.2. The first-order chi connectivity index (χ1) is 11.4. The molecule has 24 heavy (non-hydrogen) atoms. The lowest BCUT2D eigenvalue weighted by Crippen LogP contribution is -2.49. The van der Waals surface area contributed by atoms with Crippen molar-refractivity contribution >= 4 is 17.8 Å². The second kappa shape index (κ2) is 5.46. The molecule has 2 heterocycles. The average molecular weight is 334 g/mol. The van der Waals surface area contributed by atoms with Crippen molar-refractivity contribution in [2.24, 2.45) is 29.1 Å². The maximum atomic E-state index is 12.7. The van der Waals surface area contributed by atoms with Crippen LogP contribution in [0.15, 0.2) is 0 Å². The number of nitrogens with zero attached hydrogens (tertiary/aromatic N) is 2. The molecule has 132 valence electrons. The second-order valence-electron chi connectivity index (χ2n) is 8.50. The molecule has 1 N–H and O–H groups in total. The minimum atomic E-state index is -0.875. The summed E-state index contributed by atoms with van der Waals surface area (Å²) in [5.74, 6) is -0.373. The number of aliphatic carboxylic acids is 1. The molecule has 2 saturated carbocycles. The van der Waals surface area contributed by atoms with Crippen molar-refractivity contribution in [2.45, 2.75) is 39.0 Å². The lowest BCUT2D eigenvalue weighted by molar-refractivity contribution is -0.154. The van der Waals surface area contributed by atoms with Crippen LogP contribution in [0.2, 0.25) is 0 Å². The van der Waals surface area contributed by atoms with E-state index in [0.717, 1.165) is 5.92 Å². The highest BCUT2D eigenvalue weighted by molar-refractivity contribution is 6.35. The number of carboxylic acids is 1. The number of amides is 2. The number of hydrogen-bond acceptors (Lipinski definition) is 3. The summed E-state index contributed by atoms with van der Waals surface area (Å²) in [6.07, 6.45) is 5.07. The lowest BCUT2D eigenvalue weighted by atomic mass is 9.70. The van der Waals surface area contributed by atoms with Gasteiger partial charge in [-0.15, -0.1) is 0 Å². The first-order valence-corrected chi connectivity index (χ1v) is 9.21. The van der Waals surface area contributed by atoms with Gasteiger partial charge in [0.05, 0.1) is 5.92 Å². The predicted octanol–water partition coefficient (Wildman–Crippen LogP) is 1.20. The first kappa shape index (κ1) is 15.9. The van der Waals surface area contributed by atoms with E-state index >= 15 is 0 Å². The van der Waals surface area contributed by atoms with E-state index in [0.29, 0.717) is 44.3 Å². The van der Waals surface area contributed by atoms with Crippen molar-refractivity contribution in [2.75, 3.05) is 26.2 Å². The number of carbonyl (C=O) groups is 3. The van der Waals surface area contributed by atoms with E-state index in [1.807, 2.05) is 0 Å². The van der Waals surface area contributed by atoms with Crippen molar-refractivity contribution in [3.8, 4) is 0 Å². The fourth-order valence-corrected chi connectivity index (χ4v) is 5.93. The molecule has 2 saturated heterocycles. The van der Waals surface area contributed by atoms with Crippen LogP contribution in [0.1, 0.15) is 39.0 Å². The Hall–Kier alpha value is -1.59. The van der Waals surface area contributed by atoms with Gasteiger partial charge >= 0.3 is 17.8 Å². The van der Waals surface area contributed by atoms with Gasteiger partial charge in [0.15, 0.2) is 0 Å². The molecule has 4 aliphatic rings. The number of piperidine rings is 1. The Morgan fingerprint density at radius 3 is 2.50 bits per heavy atom. The normalized spacial score (nSPS) is 40.7. The van der Waals surface area contributed by atoms with E-state index in [-0.39, 0.29) is 12.0 Å². The third-order valence-corrected chi connectivity index (χ3v) is 7.30. The molecule has 2 aliphatic carbocycles. The Labute approximate surface area is 142 Å². The van der Waals surface area contributed by atoms with Crippen molar-refractivity contribution in [1.82, 2.24) is 9.80 Å². The molecule has 2 bridgehead atoms. The van der Waals surface area contributed by atoms with Crippen LogP contribution in [0.4, 0.5) is 0 Å². The van der Waals surface area contributed by atoms with Crippen LogP contribution in [0, 0.1) is 29.1 Å². The predicted molar refractivity (Wildman–Crippen MR) is 85.9 cm³/mol. The van der Waals surface area contributed by atoms with E-state index in [2.05, 4.69) is 6.92 Å². The Bertz CT molecular complexity index is 592. The summed E-state index contributed by atoms with van der Waals surface area (Å²) in [5.41, 5.74) is 0.185. The van der Waals surface area contributed by atoms with Crippen LogP contribution in [0.3, 0.4) is 0 Å². The van der Waals surface area contributed by atoms with Gasteiger partial charge in [-0.3, -0.25) is 14.4 Å². The molecule has 4 rings (SSSR count). The standard InChI is InChI=1S/C18H26N2O4/c1-18-10-20(9-14(18)11-4-5-13(18)7-11)16(22)15(21)19-6-2-3-12(8-19)17(23)24/h11-14H,2-10H2,1H3,(H,23,24)/t11-,12?,13+,14-,18+/m0/s1. The minimum absolute atomic E-state index is 0.166. The first-order valence-electron chi connectivity index (χ1n) is 9.21. The quantitative estimate of drug-likeness (QED) is 0.731. The Kier molecular flexibility index (Phi) is 3.62. The Morgan fingerprint density at radius 2 is 1.79 bits per heavy atom. The molecule has 2 aliphatic heterocycles. The van der Waals surface area contributed by atoms with Crippen LogP contribution < -0.4 is 0 Å². The fourth-order valence-electron chi connectivity index (χ4n) is 5.93. The van der Waals surface area contributed by atoms with Crippen LogP contribution in [0.5, 0.6) is 0 Å². The smallest absolute Gasteiger partial charge is 0.312 e. The molecule has 0 aromatic rings. The van der Waals surface area contributed by atoms with Gasteiger partial charge in [-0.1, -0.05) is 6.92 Å². The van der Waals surface area contributed by atoms with E-state index in [1.54, 1.807) is 4.90 Å². The highest BCUT2D eigenvalue weighted by Crippen LogP contribution is 2.62. The van der Waals surface area contributed by atoms with E-state index < -0.39 is 23.7 Å². The van der Waals surface area contributed by atoms with Crippen LogP contribution in [0.25, 0.3) is 0 Å². The molecular weight excluding hydrogens is 308 g/mol. The number of hydrogen-bond donors (Lipinski definition) is 1. The molecule has 2 amide bonds. The lowest BCUT2D eigenvalue weighted by Gasteiger charge is -2.34. The van der Waals surface area contributed by atoms with Crippen molar-refractivity contribution in [1.29, 1.82) is 0 Å². The maximum absolute atomic E-state index is 12.7. The second-order valence-corrected chi connectivity index (χ2v) is 8.50. The molecule has 5 atom stereocenters. The Balaban J connectivity index is 1.43. The van der Waals surface area contributed by atoms with Crippen LogP contribution in [-0.4, -0.2) is 58.9 Å². The molecule has 1 unspecified atom stereocenters. The van der Waals surface area contributed by atoms with Crippen LogP contribution >= 0.6 is 0 Å². The molecular formula is C18H26N2O4. The summed E-state index contributed by atoms with van der Waals surface area (Å²) >= 11 is 0. The molecule has 0 aromatic heterocycles. The molecule has 0 aromatic carbocycles. The third-order valence-electron chi connectivity index (χ3n) is 7.30. The SMILES string of the molecule is C[C@]12CN(C(=O)C(=O)N3CCCC(C(=O)O)C3)C[C@H]1[C@H]1CC[C@@H]2C1. The number of rotatable bonds is 1. The topological polar surface area (TPSA) is 77.9 Å². The molecule has 0 spiro atoms. The van der Waals surface area contributed by atoms with E-state index in [1.165, 1.54) is 24.2 Å². The molecule has 0 radical (unpaired) electrons. The van der Waals surface area contributed by atoms with Gasteiger partial charge in [0.2, 0.25) is 0 Å². The van der Waals surface area contributed by atoms with Gasteiger partial charge in [-0.25, -0.2) is 0 Å². The van der Waals surface area contributed by atoms with Gasteiger partial charge in [-0.2, -0.15) is 0 Å². The van der Waals surface area contributed by atoms with Gasteiger partial charge in [-0.05, 0) is 55.3 Å². The van der Waals surface area contributed by atoms with Gasteiger partial charge in [0.25, 0.3) is 0 Å². The zero-order valence-electron chi connectivity index (χ0n) is 14.2. The van der Waals surface area contributed by atoms with Crippen molar-refractivity contribution in [3.05, 3.63) is 0 Å². The molecule has 4 fully saturated rings. The van der Waals surface area contributed by atoms with Crippen LogP contribution in [-0.2, 0) is 14.4 Å². The summed E-state index contributed by atoms with van der Waals surface area (Å²) in [6.45, 7) is 4.35. The zero-order chi connectivity index (χ0) is 17.1. The summed E-state index contributed by atoms with van der Waals surface area (Å²) in [5, 5.41) is 9.16. The third kappa shape index (κ3) is 2.25. The van der Waals surface area contributed by atoms with Gasteiger partial charge < -0.3 is 14.9 Å². The number of carbonyl (C=O) groups excluding carboxylic acids is 2. The van der Waals surface area contributed by atoms with E-state index in [9.17, 15) is 14.4 Å². The highest BCUT2D eigenvalue weighted by atomic mass is 16.4. The summed E-state index contributed by atoms with van der Waals surface area (Å²) < 4.78 is 0. The van der Waals surface area contributed by atoms with E-state index in [4.69, 9.17) is 5.11 Å². The summed E-state index contributed by atoms with van der Waals surface area (Å²) in [6, 6.07) is 0. The number of likely N-dealkylation sites (tertiary alicyclic amines) is 2. The largest absolute Gasteiger partial charge is 0.481 e. The monoisotopic (exact) mass is 334 g/mol. The average Bonchev–Trinajstić information content (AvgIpc) is 3.24. The highest BCUT2D eigenvalue weighted by Gasteiger charge is 2.60. The summed E-state index contributed by atoms with van der Waals surface area (Å²) in [7, 11) is 0. The minimum Gasteiger partial charge on any atom is -0.481 e. The Morgan fingerprint density at radius 1 is 1.04 bits per heavy atom. The summed E-state index contributed by atoms with van der Waals surface area (Å²) in [4.78, 5) is 39.7. The fraction of sp³-hybridized carbons (Fsp3) is 0.833. The maximum Gasteiger partial charge on any atom is 0.312 e. The molecule has 6 heteroatoms. The van der Waals surface area contributed by atoms with Gasteiger partial charge in [0.1, 0.15) is 0 Å².